The van der Waals surface area contributed by atoms with Crippen LogP contribution in [0.3, 0.4) is 0 Å². The Bertz CT molecular complexity index is 417. The van der Waals surface area contributed by atoms with Gasteiger partial charge in [-0.05, 0) is 43.5 Å². The van der Waals surface area contributed by atoms with Crippen molar-refractivity contribution in [1.29, 1.82) is 0 Å². The van der Waals surface area contributed by atoms with Crippen LogP contribution in [-0.4, -0.2) is 11.5 Å². The first kappa shape index (κ1) is 14.2. The van der Waals surface area contributed by atoms with Gasteiger partial charge >= 0.3 is 7.82 Å². The fraction of sp³-hybridized carbons (Fsp3) is 0.500. The van der Waals surface area contributed by atoms with E-state index in [1.807, 2.05) is 13.0 Å². The highest BCUT2D eigenvalue weighted by Gasteiger charge is 2.21. The van der Waals surface area contributed by atoms with Gasteiger partial charge in [0.05, 0.1) is 6.61 Å². The molecule has 4 nitrogen and oxygen atoms in total. The van der Waals surface area contributed by atoms with Crippen LogP contribution in [0.1, 0.15) is 31.4 Å². The van der Waals surface area contributed by atoms with Gasteiger partial charge in [-0.25, -0.2) is 4.57 Å². The average Bonchev–Trinajstić information content (AvgIpc) is 2.23. The Labute approximate surface area is 102 Å². The topological polar surface area (TPSA) is 55.8 Å². The zero-order chi connectivity index (χ0) is 12.9. The molecule has 96 valence electrons. The fourth-order valence-electron chi connectivity index (χ4n) is 1.57. The summed E-state index contributed by atoms with van der Waals surface area (Å²) >= 11 is 0. The lowest BCUT2D eigenvalue weighted by Crippen LogP contribution is -1.98. The number of hydrogen-bond acceptors (Lipinski definition) is 3. The fourth-order valence-corrected chi connectivity index (χ4v) is 2.32. The molecule has 1 unspecified atom stereocenters. The first-order chi connectivity index (χ1) is 7.98. The molecule has 0 aliphatic heterocycles. The molecule has 17 heavy (non-hydrogen) atoms. The Morgan fingerprint density at radius 3 is 2.65 bits per heavy atom. The molecule has 1 atom stereocenters. The molecule has 0 bridgehead atoms. The van der Waals surface area contributed by atoms with Gasteiger partial charge < -0.3 is 4.52 Å². The van der Waals surface area contributed by atoms with Gasteiger partial charge in [0.25, 0.3) is 0 Å². The van der Waals surface area contributed by atoms with Crippen LogP contribution >= 0.6 is 7.82 Å². The smallest absolute Gasteiger partial charge is 0.404 e. The van der Waals surface area contributed by atoms with E-state index in [0.717, 1.165) is 24.0 Å². The molecule has 1 N–H and O–H groups in total. The first-order valence-electron chi connectivity index (χ1n) is 5.75. The van der Waals surface area contributed by atoms with Crippen molar-refractivity contribution in [1.82, 2.24) is 0 Å². The van der Waals surface area contributed by atoms with E-state index in [2.05, 4.69) is 11.4 Å². The van der Waals surface area contributed by atoms with E-state index in [0.29, 0.717) is 5.75 Å². The first-order valence-corrected chi connectivity index (χ1v) is 7.24. The van der Waals surface area contributed by atoms with Crippen LogP contribution in [0.2, 0.25) is 0 Å². The molecule has 1 aromatic rings. The van der Waals surface area contributed by atoms with Crippen molar-refractivity contribution in [2.45, 2.75) is 33.6 Å². The van der Waals surface area contributed by atoms with Gasteiger partial charge in [0.2, 0.25) is 0 Å². The summed E-state index contributed by atoms with van der Waals surface area (Å²) in [6.07, 6.45) is 1.94. The van der Waals surface area contributed by atoms with Crippen LogP contribution in [-0.2, 0) is 15.5 Å². The van der Waals surface area contributed by atoms with Crippen molar-refractivity contribution in [3.63, 3.8) is 0 Å². The predicted molar refractivity (Wildman–Crippen MR) is 67.3 cm³/mol. The molecule has 0 saturated heterocycles. The maximum absolute atomic E-state index is 11.4. The highest BCUT2D eigenvalue weighted by molar-refractivity contribution is 7.47. The summed E-state index contributed by atoms with van der Waals surface area (Å²) in [6, 6.07) is 5.35. The zero-order valence-electron chi connectivity index (χ0n) is 10.5. The Hall–Kier alpha value is -0.830. The third-order valence-electron chi connectivity index (χ3n) is 2.35. The van der Waals surface area contributed by atoms with E-state index < -0.39 is 7.82 Å². The van der Waals surface area contributed by atoms with Gasteiger partial charge in [-0.1, -0.05) is 19.4 Å². The van der Waals surface area contributed by atoms with Crippen LogP contribution in [0, 0.1) is 6.92 Å². The lowest BCUT2D eigenvalue weighted by molar-refractivity contribution is 0.213. The molecular formula is C12H19O4P. The predicted octanol–water partition coefficient (Wildman–Crippen LogP) is 3.46. The van der Waals surface area contributed by atoms with Crippen molar-refractivity contribution >= 4 is 7.82 Å². The second-order valence-electron chi connectivity index (χ2n) is 3.82. The minimum atomic E-state index is -3.97. The average molecular weight is 258 g/mol. The Morgan fingerprint density at radius 1 is 1.35 bits per heavy atom. The van der Waals surface area contributed by atoms with E-state index in [9.17, 15) is 9.46 Å². The van der Waals surface area contributed by atoms with Crippen LogP contribution in [0.25, 0.3) is 0 Å². The van der Waals surface area contributed by atoms with E-state index in [1.165, 1.54) is 0 Å². The summed E-state index contributed by atoms with van der Waals surface area (Å²) in [7, 11) is -3.97. The molecule has 1 rings (SSSR count). The highest BCUT2D eigenvalue weighted by Crippen LogP contribution is 2.43. The SMILES string of the molecule is CCCc1cc(OP(=O)(O)OCC)ccc1C. The minimum absolute atomic E-state index is 0.140. The molecule has 0 fully saturated rings. The van der Waals surface area contributed by atoms with Crippen LogP contribution in [0.5, 0.6) is 5.75 Å². The third kappa shape index (κ3) is 4.50. The summed E-state index contributed by atoms with van der Waals surface area (Å²) in [6.45, 7) is 5.88. The van der Waals surface area contributed by atoms with Gasteiger partial charge in [0.15, 0.2) is 0 Å². The van der Waals surface area contributed by atoms with Crippen LogP contribution in [0.4, 0.5) is 0 Å². The molecule has 0 saturated carbocycles. The van der Waals surface area contributed by atoms with Gasteiger partial charge in [0.1, 0.15) is 5.75 Å². The maximum Gasteiger partial charge on any atom is 0.527 e. The lowest BCUT2D eigenvalue weighted by Gasteiger charge is -2.13. The normalized spacial score (nSPS) is 14.4. The Morgan fingerprint density at radius 2 is 2.06 bits per heavy atom. The Kier molecular flexibility index (Phi) is 5.19. The Balaban J connectivity index is 2.85. The molecule has 0 aliphatic rings. The molecular weight excluding hydrogens is 239 g/mol. The van der Waals surface area contributed by atoms with Crippen molar-refractivity contribution in [2.75, 3.05) is 6.61 Å². The van der Waals surface area contributed by atoms with E-state index >= 15 is 0 Å². The van der Waals surface area contributed by atoms with E-state index in [4.69, 9.17) is 4.52 Å². The molecule has 0 heterocycles. The molecule has 0 aromatic heterocycles. The molecule has 5 heteroatoms. The highest BCUT2D eigenvalue weighted by atomic mass is 31.2. The van der Waals surface area contributed by atoms with E-state index in [1.54, 1.807) is 19.1 Å². The summed E-state index contributed by atoms with van der Waals surface area (Å²) in [5, 5.41) is 0. The van der Waals surface area contributed by atoms with Crippen LogP contribution < -0.4 is 4.52 Å². The van der Waals surface area contributed by atoms with Gasteiger partial charge in [0, 0.05) is 0 Å². The van der Waals surface area contributed by atoms with Crippen molar-refractivity contribution in [2.24, 2.45) is 0 Å². The number of benzene rings is 1. The van der Waals surface area contributed by atoms with Gasteiger partial charge in [-0.15, -0.1) is 0 Å². The minimum Gasteiger partial charge on any atom is -0.404 e. The number of phosphoric acid groups is 1. The second-order valence-corrected chi connectivity index (χ2v) is 5.19. The summed E-state index contributed by atoms with van der Waals surface area (Å²) in [5.74, 6) is 0.373. The van der Waals surface area contributed by atoms with Crippen LogP contribution in [0.15, 0.2) is 18.2 Å². The second kappa shape index (κ2) is 6.20. The van der Waals surface area contributed by atoms with Gasteiger partial charge in [-0.2, -0.15) is 0 Å². The number of rotatable bonds is 6. The van der Waals surface area contributed by atoms with Gasteiger partial charge in [-0.3, -0.25) is 9.42 Å². The summed E-state index contributed by atoms with van der Waals surface area (Å²) in [5.41, 5.74) is 2.28. The molecule has 0 spiro atoms. The molecule has 0 aliphatic carbocycles. The van der Waals surface area contributed by atoms with Crippen molar-refractivity contribution < 1.29 is 18.5 Å². The number of hydrogen-bond donors (Lipinski definition) is 1. The monoisotopic (exact) mass is 258 g/mol. The van der Waals surface area contributed by atoms with E-state index in [-0.39, 0.29) is 6.61 Å². The summed E-state index contributed by atoms with van der Waals surface area (Å²) < 4.78 is 21.1. The number of phosphoric ester groups is 1. The lowest BCUT2D eigenvalue weighted by atomic mass is 10.0. The molecule has 1 aromatic carbocycles. The summed E-state index contributed by atoms with van der Waals surface area (Å²) in [4.78, 5) is 9.37. The standard InChI is InChI=1S/C12H19O4P/c1-4-6-11-9-12(8-7-10(11)3)16-17(13,14)15-5-2/h7-9H,4-6H2,1-3H3,(H,13,14). The third-order valence-corrected chi connectivity index (χ3v) is 3.38. The zero-order valence-corrected chi connectivity index (χ0v) is 11.4. The largest absolute Gasteiger partial charge is 0.527 e. The van der Waals surface area contributed by atoms with Crippen molar-refractivity contribution in [3.8, 4) is 5.75 Å². The maximum atomic E-state index is 11.4. The molecule has 0 amide bonds. The van der Waals surface area contributed by atoms with Crippen molar-refractivity contribution in [3.05, 3.63) is 29.3 Å². The quantitative estimate of drug-likeness (QED) is 0.794. The number of aryl methyl sites for hydroxylation is 2. The molecule has 0 radical (unpaired) electrons.